The highest BCUT2D eigenvalue weighted by atomic mass is 35.5. The maximum absolute atomic E-state index is 8.77. The van der Waals surface area contributed by atoms with Crippen molar-refractivity contribution in [1.82, 2.24) is 0 Å². The van der Waals surface area contributed by atoms with Crippen LogP contribution in [-0.4, -0.2) is 17.6 Å². The summed E-state index contributed by atoms with van der Waals surface area (Å²) in [6.45, 7) is 0.373. The summed E-state index contributed by atoms with van der Waals surface area (Å²) in [5.74, 6) is 0.843. The van der Waals surface area contributed by atoms with E-state index in [4.69, 9.17) is 16.7 Å². The first-order valence-electron chi connectivity index (χ1n) is 16.1. The number of unbranched alkanes of at least 4 members (excludes halogenated alkanes) is 29. The Morgan fingerprint density at radius 2 is 0.382 bits per heavy atom. The molecule has 0 fully saturated rings. The Morgan fingerprint density at radius 1 is 0.235 bits per heavy atom. The standard InChI is InChI=1S/C32H65ClO/c33-31-29-27-25-23-21-19-17-15-13-11-9-7-5-3-1-2-4-6-8-10-12-14-16-18-20-22-24-26-28-30-32-34/h34H,1-32H2. The second kappa shape index (κ2) is 33.2. The van der Waals surface area contributed by atoms with Crippen molar-refractivity contribution < 1.29 is 5.11 Å². The fourth-order valence-electron chi connectivity index (χ4n) is 5.16. The third kappa shape index (κ3) is 32.2. The van der Waals surface area contributed by atoms with E-state index in [0.29, 0.717) is 6.61 Å². The zero-order chi connectivity index (χ0) is 24.6. The van der Waals surface area contributed by atoms with Crippen LogP contribution >= 0.6 is 11.6 Å². The van der Waals surface area contributed by atoms with E-state index < -0.39 is 0 Å². The molecule has 0 aromatic heterocycles. The zero-order valence-electron chi connectivity index (χ0n) is 23.5. The van der Waals surface area contributed by atoms with Gasteiger partial charge in [0.1, 0.15) is 0 Å². The maximum Gasteiger partial charge on any atom is 0.0431 e. The van der Waals surface area contributed by atoms with Crippen molar-refractivity contribution >= 4 is 11.6 Å². The van der Waals surface area contributed by atoms with Gasteiger partial charge in [0.05, 0.1) is 0 Å². The molecule has 0 aliphatic rings. The molecular weight excluding hydrogens is 436 g/mol. The smallest absolute Gasteiger partial charge is 0.0431 e. The van der Waals surface area contributed by atoms with E-state index in [1.165, 1.54) is 186 Å². The molecule has 0 bridgehead atoms. The first-order valence-corrected chi connectivity index (χ1v) is 16.6. The van der Waals surface area contributed by atoms with Crippen LogP contribution in [0.25, 0.3) is 0 Å². The van der Waals surface area contributed by atoms with Crippen LogP contribution in [0, 0.1) is 0 Å². The number of aliphatic hydroxyl groups excluding tert-OH is 1. The topological polar surface area (TPSA) is 20.2 Å². The summed E-state index contributed by atoms with van der Waals surface area (Å²) >= 11 is 5.72. The first-order chi connectivity index (χ1) is 16.9. The lowest BCUT2D eigenvalue weighted by molar-refractivity contribution is 0.282. The molecule has 0 aliphatic carbocycles. The van der Waals surface area contributed by atoms with Crippen molar-refractivity contribution in [3.8, 4) is 0 Å². The Bertz CT molecular complexity index is 301. The minimum absolute atomic E-state index is 0.373. The fourth-order valence-corrected chi connectivity index (χ4v) is 5.35. The van der Waals surface area contributed by atoms with Gasteiger partial charge in [0.2, 0.25) is 0 Å². The monoisotopic (exact) mass is 500 g/mol. The molecule has 0 aliphatic heterocycles. The van der Waals surface area contributed by atoms with Gasteiger partial charge in [-0.3, -0.25) is 0 Å². The zero-order valence-corrected chi connectivity index (χ0v) is 24.2. The predicted octanol–water partition coefficient (Wildman–Crippen LogP) is 11.9. The Labute approximate surface area is 221 Å². The molecule has 0 heterocycles. The van der Waals surface area contributed by atoms with E-state index in [9.17, 15) is 0 Å². The van der Waals surface area contributed by atoms with Crippen molar-refractivity contribution in [3.05, 3.63) is 0 Å². The Balaban J connectivity index is 2.99. The van der Waals surface area contributed by atoms with Crippen LogP contribution in [0.4, 0.5) is 0 Å². The molecule has 0 aromatic rings. The van der Waals surface area contributed by atoms with E-state index >= 15 is 0 Å². The molecule has 0 radical (unpaired) electrons. The Kier molecular flexibility index (Phi) is 33.5. The summed E-state index contributed by atoms with van der Waals surface area (Å²) in [6, 6.07) is 0. The summed E-state index contributed by atoms with van der Waals surface area (Å²) in [7, 11) is 0. The number of hydrogen-bond donors (Lipinski definition) is 1. The number of rotatable bonds is 31. The Morgan fingerprint density at radius 3 is 0.529 bits per heavy atom. The van der Waals surface area contributed by atoms with Crippen molar-refractivity contribution in [2.75, 3.05) is 12.5 Å². The minimum Gasteiger partial charge on any atom is -0.396 e. The van der Waals surface area contributed by atoms with Crippen LogP contribution in [0.15, 0.2) is 0 Å². The van der Waals surface area contributed by atoms with Crippen LogP contribution in [0.1, 0.15) is 193 Å². The third-order valence-corrected chi connectivity index (χ3v) is 7.81. The molecule has 0 unspecified atom stereocenters. The third-order valence-electron chi connectivity index (χ3n) is 7.54. The van der Waals surface area contributed by atoms with E-state index in [2.05, 4.69) is 0 Å². The highest BCUT2D eigenvalue weighted by Gasteiger charge is 1.97. The Hall–Kier alpha value is 0.250. The lowest BCUT2D eigenvalue weighted by Crippen LogP contribution is -1.85. The van der Waals surface area contributed by atoms with E-state index in [1.807, 2.05) is 0 Å². The van der Waals surface area contributed by atoms with Gasteiger partial charge in [0.25, 0.3) is 0 Å². The molecule has 0 atom stereocenters. The number of hydrogen-bond acceptors (Lipinski definition) is 1. The molecule has 2 heteroatoms. The number of aliphatic hydroxyl groups is 1. The SMILES string of the molecule is OCCCCCCCCCCCCCCCCCCCCCCCCCCCCCCCCCl. The van der Waals surface area contributed by atoms with Gasteiger partial charge >= 0.3 is 0 Å². The van der Waals surface area contributed by atoms with Gasteiger partial charge < -0.3 is 5.11 Å². The van der Waals surface area contributed by atoms with Crippen molar-refractivity contribution in [1.29, 1.82) is 0 Å². The number of halogens is 1. The van der Waals surface area contributed by atoms with E-state index in [-0.39, 0.29) is 0 Å². The minimum atomic E-state index is 0.373. The van der Waals surface area contributed by atoms with Crippen LogP contribution in [0.2, 0.25) is 0 Å². The van der Waals surface area contributed by atoms with Gasteiger partial charge in [-0.2, -0.15) is 0 Å². The molecule has 1 N–H and O–H groups in total. The van der Waals surface area contributed by atoms with Gasteiger partial charge in [-0.15, -0.1) is 11.6 Å². The largest absolute Gasteiger partial charge is 0.396 e. The van der Waals surface area contributed by atoms with Gasteiger partial charge in [-0.25, -0.2) is 0 Å². The van der Waals surface area contributed by atoms with Crippen molar-refractivity contribution in [2.45, 2.75) is 193 Å². The fraction of sp³-hybridized carbons (Fsp3) is 1.00. The first kappa shape index (κ1) is 34.2. The second-order valence-corrected chi connectivity index (χ2v) is 11.4. The summed E-state index contributed by atoms with van der Waals surface area (Å²) in [4.78, 5) is 0. The van der Waals surface area contributed by atoms with Crippen molar-refractivity contribution in [2.24, 2.45) is 0 Å². The summed E-state index contributed by atoms with van der Waals surface area (Å²) in [6.07, 6.45) is 42.4. The molecular formula is C32H65ClO. The number of alkyl halides is 1. The van der Waals surface area contributed by atoms with Gasteiger partial charge in [0, 0.05) is 12.5 Å². The van der Waals surface area contributed by atoms with Crippen LogP contribution in [0.5, 0.6) is 0 Å². The normalized spacial score (nSPS) is 11.5. The molecule has 206 valence electrons. The predicted molar refractivity (Wildman–Crippen MR) is 156 cm³/mol. The van der Waals surface area contributed by atoms with Gasteiger partial charge in [-0.1, -0.05) is 180 Å². The summed E-state index contributed by atoms with van der Waals surface area (Å²) in [5, 5.41) is 8.77. The molecule has 1 nitrogen and oxygen atoms in total. The quantitative estimate of drug-likeness (QED) is 0.0740. The van der Waals surface area contributed by atoms with Crippen LogP contribution in [-0.2, 0) is 0 Å². The molecule has 0 spiro atoms. The average molecular weight is 501 g/mol. The van der Waals surface area contributed by atoms with E-state index in [1.54, 1.807) is 0 Å². The summed E-state index contributed by atoms with van der Waals surface area (Å²) in [5.41, 5.74) is 0. The second-order valence-electron chi connectivity index (χ2n) is 11.0. The van der Waals surface area contributed by atoms with Gasteiger partial charge in [0.15, 0.2) is 0 Å². The highest BCUT2D eigenvalue weighted by molar-refractivity contribution is 6.17. The van der Waals surface area contributed by atoms with Crippen LogP contribution in [0.3, 0.4) is 0 Å². The van der Waals surface area contributed by atoms with Gasteiger partial charge in [-0.05, 0) is 12.8 Å². The highest BCUT2D eigenvalue weighted by Crippen LogP contribution is 2.16. The molecule has 34 heavy (non-hydrogen) atoms. The molecule has 0 saturated heterocycles. The van der Waals surface area contributed by atoms with E-state index in [0.717, 1.165) is 12.3 Å². The molecule has 0 amide bonds. The molecule has 0 saturated carbocycles. The summed E-state index contributed by atoms with van der Waals surface area (Å²) < 4.78 is 0. The molecule has 0 aromatic carbocycles. The average Bonchev–Trinajstić information content (AvgIpc) is 2.85. The van der Waals surface area contributed by atoms with Crippen LogP contribution < -0.4 is 0 Å². The molecule has 0 rings (SSSR count). The lowest BCUT2D eigenvalue weighted by Gasteiger charge is -2.04. The maximum atomic E-state index is 8.77. The van der Waals surface area contributed by atoms with Crippen molar-refractivity contribution in [3.63, 3.8) is 0 Å². The lowest BCUT2D eigenvalue weighted by atomic mass is 10.0.